The third kappa shape index (κ3) is 4.90. The van der Waals surface area contributed by atoms with Crippen molar-refractivity contribution in [2.24, 2.45) is 11.7 Å². The maximum Gasteiger partial charge on any atom is 0.152 e. The molecule has 0 saturated carbocycles. The molecule has 1 aromatic carbocycles. The number of benzene rings is 1. The summed E-state index contributed by atoms with van der Waals surface area (Å²) >= 11 is 0. The van der Waals surface area contributed by atoms with Gasteiger partial charge in [-0.1, -0.05) is 6.07 Å². The Morgan fingerprint density at radius 3 is 2.70 bits per heavy atom. The molecule has 1 aromatic rings. The van der Waals surface area contributed by atoms with Crippen molar-refractivity contribution < 1.29 is 14.7 Å². The second kappa shape index (κ2) is 8.65. The van der Waals surface area contributed by atoms with Crippen LogP contribution in [0.2, 0.25) is 0 Å². The molecule has 0 aliphatic carbocycles. The minimum Gasteiger partial charge on any atom is -0.497 e. The molecule has 0 spiro atoms. The first-order chi connectivity index (χ1) is 9.64. The van der Waals surface area contributed by atoms with E-state index in [1.807, 2.05) is 12.1 Å². The summed E-state index contributed by atoms with van der Waals surface area (Å²) in [6.07, 6.45) is 2.02. The smallest absolute Gasteiger partial charge is 0.152 e. The zero-order valence-corrected chi connectivity index (χ0v) is 11.9. The van der Waals surface area contributed by atoms with Crippen molar-refractivity contribution in [2.45, 2.75) is 19.1 Å². The SMILES string of the molecule is CONC(O)c1cc(CCC(C=N)CN)cc(OC)c1. The molecule has 0 heterocycles. The number of hydroxylamine groups is 1. The Kier molecular flexibility index (Phi) is 7.17. The fourth-order valence-corrected chi connectivity index (χ4v) is 1.91. The van der Waals surface area contributed by atoms with Crippen LogP contribution in [0, 0.1) is 11.3 Å². The molecule has 0 aliphatic heterocycles. The average molecular weight is 281 g/mol. The van der Waals surface area contributed by atoms with Crippen LogP contribution in [-0.4, -0.2) is 32.1 Å². The summed E-state index contributed by atoms with van der Waals surface area (Å²) in [6, 6.07) is 5.55. The second-order valence-electron chi connectivity index (χ2n) is 4.54. The fraction of sp³-hybridized carbons (Fsp3) is 0.500. The van der Waals surface area contributed by atoms with Crippen molar-refractivity contribution in [1.82, 2.24) is 5.48 Å². The normalized spacial score (nSPS) is 13.8. The molecule has 0 fully saturated rings. The summed E-state index contributed by atoms with van der Waals surface area (Å²) in [5.74, 6) is 0.750. The Morgan fingerprint density at radius 2 is 2.15 bits per heavy atom. The maximum atomic E-state index is 9.89. The van der Waals surface area contributed by atoms with Crippen LogP contribution in [0.4, 0.5) is 0 Å². The quantitative estimate of drug-likeness (QED) is 0.307. The molecule has 6 heteroatoms. The van der Waals surface area contributed by atoms with E-state index in [2.05, 4.69) is 5.48 Å². The highest BCUT2D eigenvalue weighted by atomic mass is 16.7. The van der Waals surface area contributed by atoms with Crippen molar-refractivity contribution in [3.8, 4) is 5.75 Å². The van der Waals surface area contributed by atoms with Gasteiger partial charge >= 0.3 is 0 Å². The number of aliphatic hydroxyl groups is 1. The topological polar surface area (TPSA) is 101 Å². The first-order valence-electron chi connectivity index (χ1n) is 6.49. The molecule has 0 aliphatic rings. The van der Waals surface area contributed by atoms with E-state index in [0.717, 1.165) is 18.4 Å². The van der Waals surface area contributed by atoms with Crippen molar-refractivity contribution in [3.63, 3.8) is 0 Å². The Bertz CT molecular complexity index is 426. The Morgan fingerprint density at radius 1 is 1.40 bits per heavy atom. The number of aryl methyl sites for hydroxylation is 1. The highest BCUT2D eigenvalue weighted by Gasteiger charge is 2.11. The molecule has 1 rings (SSSR count). The van der Waals surface area contributed by atoms with E-state index in [-0.39, 0.29) is 5.92 Å². The lowest BCUT2D eigenvalue weighted by Gasteiger charge is -2.15. The monoisotopic (exact) mass is 281 g/mol. The first-order valence-corrected chi connectivity index (χ1v) is 6.49. The molecule has 112 valence electrons. The van der Waals surface area contributed by atoms with Gasteiger partial charge in [-0.05, 0) is 36.8 Å². The molecule has 0 saturated heterocycles. The number of nitrogens with two attached hydrogens (primary N) is 1. The molecular weight excluding hydrogens is 258 g/mol. The van der Waals surface area contributed by atoms with Crippen LogP contribution < -0.4 is 16.0 Å². The van der Waals surface area contributed by atoms with Crippen LogP contribution in [-0.2, 0) is 11.3 Å². The minimum absolute atomic E-state index is 0.0756. The van der Waals surface area contributed by atoms with Gasteiger partial charge in [0.25, 0.3) is 0 Å². The largest absolute Gasteiger partial charge is 0.497 e. The summed E-state index contributed by atoms with van der Waals surface area (Å²) in [5, 5.41) is 17.2. The number of hydrogen-bond donors (Lipinski definition) is 4. The predicted molar refractivity (Wildman–Crippen MR) is 77.7 cm³/mol. The van der Waals surface area contributed by atoms with E-state index in [4.69, 9.17) is 20.7 Å². The molecular formula is C14H23N3O3. The van der Waals surface area contributed by atoms with Gasteiger partial charge < -0.3 is 25.8 Å². The fourth-order valence-electron chi connectivity index (χ4n) is 1.91. The number of nitrogens with one attached hydrogen (secondary N) is 2. The minimum atomic E-state index is -0.915. The van der Waals surface area contributed by atoms with Crippen LogP contribution in [0.25, 0.3) is 0 Å². The van der Waals surface area contributed by atoms with E-state index in [9.17, 15) is 5.11 Å². The molecule has 2 unspecified atom stereocenters. The van der Waals surface area contributed by atoms with Crippen LogP contribution in [0.15, 0.2) is 18.2 Å². The highest BCUT2D eigenvalue weighted by Crippen LogP contribution is 2.22. The molecule has 6 nitrogen and oxygen atoms in total. The van der Waals surface area contributed by atoms with Crippen LogP contribution in [0.5, 0.6) is 5.75 Å². The predicted octanol–water partition coefficient (Wildman–Crippen LogP) is 0.994. The van der Waals surface area contributed by atoms with Crippen molar-refractivity contribution in [2.75, 3.05) is 20.8 Å². The van der Waals surface area contributed by atoms with Gasteiger partial charge in [0, 0.05) is 18.0 Å². The summed E-state index contributed by atoms with van der Waals surface area (Å²) in [6.45, 7) is 0.466. The van der Waals surface area contributed by atoms with E-state index >= 15 is 0 Å². The van der Waals surface area contributed by atoms with Gasteiger partial charge in [-0.15, -0.1) is 0 Å². The molecule has 0 bridgehead atoms. The number of methoxy groups -OCH3 is 1. The maximum absolute atomic E-state index is 9.89. The number of aliphatic hydroxyl groups excluding tert-OH is 1. The van der Waals surface area contributed by atoms with Gasteiger partial charge in [0.05, 0.1) is 14.2 Å². The second-order valence-corrected chi connectivity index (χ2v) is 4.54. The van der Waals surface area contributed by atoms with E-state index in [0.29, 0.717) is 17.9 Å². The third-order valence-electron chi connectivity index (χ3n) is 3.11. The molecule has 0 aromatic heterocycles. The van der Waals surface area contributed by atoms with Gasteiger partial charge in [0.2, 0.25) is 0 Å². The van der Waals surface area contributed by atoms with Gasteiger partial charge in [0.1, 0.15) is 5.75 Å². The highest BCUT2D eigenvalue weighted by molar-refractivity contribution is 5.57. The zero-order valence-electron chi connectivity index (χ0n) is 11.9. The zero-order chi connectivity index (χ0) is 15.0. The van der Waals surface area contributed by atoms with E-state index < -0.39 is 6.23 Å². The van der Waals surface area contributed by atoms with Gasteiger partial charge in [-0.2, -0.15) is 5.48 Å². The number of hydrogen-bond acceptors (Lipinski definition) is 6. The molecule has 0 radical (unpaired) electrons. The van der Waals surface area contributed by atoms with Crippen LogP contribution in [0.1, 0.15) is 23.8 Å². The molecule has 0 amide bonds. The Labute approximate surface area is 119 Å². The van der Waals surface area contributed by atoms with E-state index in [1.165, 1.54) is 13.3 Å². The van der Waals surface area contributed by atoms with Gasteiger partial charge in [0.15, 0.2) is 6.23 Å². The van der Waals surface area contributed by atoms with Crippen molar-refractivity contribution in [3.05, 3.63) is 29.3 Å². The lowest BCUT2D eigenvalue weighted by molar-refractivity contribution is -0.0321. The lowest BCUT2D eigenvalue weighted by Crippen LogP contribution is -2.19. The summed E-state index contributed by atoms with van der Waals surface area (Å²) in [4.78, 5) is 4.72. The molecule has 20 heavy (non-hydrogen) atoms. The van der Waals surface area contributed by atoms with Gasteiger partial charge in [-0.25, -0.2) is 0 Å². The lowest BCUT2D eigenvalue weighted by atomic mass is 9.98. The molecule has 5 N–H and O–H groups in total. The Balaban J connectivity index is 2.84. The third-order valence-corrected chi connectivity index (χ3v) is 3.11. The number of rotatable bonds is 9. The van der Waals surface area contributed by atoms with Crippen molar-refractivity contribution in [1.29, 1.82) is 5.41 Å². The van der Waals surface area contributed by atoms with Crippen LogP contribution >= 0.6 is 0 Å². The molecule has 2 atom stereocenters. The van der Waals surface area contributed by atoms with Gasteiger partial charge in [-0.3, -0.25) is 0 Å². The summed E-state index contributed by atoms with van der Waals surface area (Å²) < 4.78 is 5.23. The standard InChI is InChI=1S/C14H23N3O3/c1-19-13-6-10(3-4-11(8-15)9-16)5-12(7-13)14(18)17-20-2/h5-8,11,14-15,17-18H,3-4,9,16H2,1-2H3. The Hall–Kier alpha value is -1.47. The summed E-state index contributed by atoms with van der Waals surface area (Å²) in [5.41, 5.74) is 9.74. The first kappa shape index (κ1) is 16.6. The average Bonchev–Trinajstić information content (AvgIpc) is 2.48. The van der Waals surface area contributed by atoms with E-state index in [1.54, 1.807) is 13.2 Å². The number of ether oxygens (including phenoxy) is 1. The van der Waals surface area contributed by atoms with Crippen molar-refractivity contribution >= 4 is 6.21 Å². The summed E-state index contributed by atoms with van der Waals surface area (Å²) in [7, 11) is 3.03. The van der Waals surface area contributed by atoms with Crippen LogP contribution in [0.3, 0.4) is 0 Å².